The fraction of sp³-hybridized carbons (Fsp3) is 0.667. The van der Waals surface area contributed by atoms with Gasteiger partial charge in [-0.3, -0.25) is 9.69 Å². The zero-order valence-corrected chi connectivity index (χ0v) is 11.5. The SMILES string of the molecule is CN1Cc2scnc2CC1C(=O)OC(C)(C)C. The van der Waals surface area contributed by atoms with E-state index in [9.17, 15) is 4.79 Å². The maximum atomic E-state index is 12.1. The highest BCUT2D eigenvalue weighted by Crippen LogP contribution is 2.25. The molecule has 17 heavy (non-hydrogen) atoms. The maximum Gasteiger partial charge on any atom is 0.324 e. The first-order valence-corrected chi connectivity index (χ1v) is 6.59. The molecule has 1 unspecified atom stereocenters. The molecule has 0 aliphatic carbocycles. The lowest BCUT2D eigenvalue weighted by Crippen LogP contribution is -2.45. The molecule has 94 valence electrons. The van der Waals surface area contributed by atoms with Crippen LogP contribution in [-0.2, 0) is 22.5 Å². The highest BCUT2D eigenvalue weighted by atomic mass is 32.1. The number of likely N-dealkylation sites (N-methyl/N-ethyl adjacent to an activating group) is 1. The van der Waals surface area contributed by atoms with Crippen LogP contribution in [0.3, 0.4) is 0 Å². The molecular weight excluding hydrogens is 236 g/mol. The lowest BCUT2D eigenvalue weighted by molar-refractivity contribution is -0.161. The molecule has 1 aromatic heterocycles. The Morgan fingerprint density at radius 1 is 1.59 bits per heavy atom. The smallest absolute Gasteiger partial charge is 0.324 e. The highest BCUT2D eigenvalue weighted by molar-refractivity contribution is 7.09. The summed E-state index contributed by atoms with van der Waals surface area (Å²) >= 11 is 1.65. The minimum Gasteiger partial charge on any atom is -0.459 e. The molecular formula is C12H18N2O2S. The molecule has 0 spiro atoms. The lowest BCUT2D eigenvalue weighted by Gasteiger charge is -2.32. The number of nitrogens with zero attached hydrogens (tertiary/aromatic N) is 2. The van der Waals surface area contributed by atoms with Crippen LogP contribution in [0.5, 0.6) is 0 Å². The number of hydrogen-bond acceptors (Lipinski definition) is 5. The second-order valence-electron chi connectivity index (χ2n) is 5.39. The number of carbonyl (C=O) groups is 1. The van der Waals surface area contributed by atoms with Crippen LogP contribution >= 0.6 is 11.3 Å². The van der Waals surface area contributed by atoms with Gasteiger partial charge in [0.2, 0.25) is 0 Å². The van der Waals surface area contributed by atoms with Crippen LogP contribution in [0.25, 0.3) is 0 Å². The van der Waals surface area contributed by atoms with Crippen LogP contribution in [0.15, 0.2) is 5.51 Å². The molecule has 0 saturated heterocycles. The molecule has 0 amide bonds. The summed E-state index contributed by atoms with van der Waals surface area (Å²) in [4.78, 5) is 19.7. The first-order valence-electron chi connectivity index (χ1n) is 5.71. The van der Waals surface area contributed by atoms with Gasteiger partial charge in [-0.2, -0.15) is 0 Å². The van der Waals surface area contributed by atoms with Gasteiger partial charge in [0.25, 0.3) is 0 Å². The van der Waals surface area contributed by atoms with E-state index in [1.807, 2.05) is 38.2 Å². The van der Waals surface area contributed by atoms with Gasteiger partial charge in [-0.25, -0.2) is 4.98 Å². The van der Waals surface area contributed by atoms with Gasteiger partial charge in [-0.05, 0) is 27.8 Å². The Morgan fingerprint density at radius 2 is 2.29 bits per heavy atom. The van der Waals surface area contributed by atoms with Crippen molar-refractivity contribution in [1.29, 1.82) is 0 Å². The van der Waals surface area contributed by atoms with E-state index >= 15 is 0 Å². The quantitative estimate of drug-likeness (QED) is 0.717. The van der Waals surface area contributed by atoms with Crippen molar-refractivity contribution in [3.05, 3.63) is 16.1 Å². The summed E-state index contributed by atoms with van der Waals surface area (Å²) < 4.78 is 5.43. The maximum absolute atomic E-state index is 12.1. The van der Waals surface area contributed by atoms with Gasteiger partial charge in [0.1, 0.15) is 11.6 Å². The third-order valence-corrected chi connectivity index (χ3v) is 3.58. The summed E-state index contributed by atoms with van der Waals surface area (Å²) in [5, 5.41) is 0. The van der Waals surface area contributed by atoms with Crippen molar-refractivity contribution in [2.45, 2.75) is 45.4 Å². The molecule has 0 fully saturated rings. The van der Waals surface area contributed by atoms with Crippen molar-refractivity contribution in [3.63, 3.8) is 0 Å². The predicted molar refractivity (Wildman–Crippen MR) is 66.9 cm³/mol. The van der Waals surface area contributed by atoms with Crippen LogP contribution in [0.2, 0.25) is 0 Å². The summed E-state index contributed by atoms with van der Waals surface area (Å²) in [6, 6.07) is -0.205. The summed E-state index contributed by atoms with van der Waals surface area (Å²) in [6.07, 6.45) is 0.657. The van der Waals surface area contributed by atoms with E-state index in [0.717, 1.165) is 12.2 Å². The molecule has 0 saturated carbocycles. The molecule has 0 aromatic carbocycles. The number of hydrogen-bond donors (Lipinski definition) is 0. The average molecular weight is 254 g/mol. The Labute approximate surface area is 106 Å². The molecule has 2 heterocycles. The number of esters is 1. The molecule has 0 bridgehead atoms. The molecule has 1 aromatic rings. The van der Waals surface area contributed by atoms with Crippen LogP contribution < -0.4 is 0 Å². The molecule has 1 atom stereocenters. The van der Waals surface area contributed by atoms with Gasteiger partial charge in [0.05, 0.1) is 11.2 Å². The van der Waals surface area contributed by atoms with Gasteiger partial charge in [0.15, 0.2) is 0 Å². The molecule has 0 N–H and O–H groups in total. The number of fused-ring (bicyclic) bond motifs is 1. The van der Waals surface area contributed by atoms with Gasteiger partial charge in [0, 0.05) is 17.8 Å². The molecule has 0 radical (unpaired) electrons. The minimum absolute atomic E-state index is 0.154. The number of aromatic nitrogens is 1. The normalized spacial score (nSPS) is 21.1. The largest absolute Gasteiger partial charge is 0.459 e. The van der Waals surface area contributed by atoms with Crippen LogP contribution in [0, 0.1) is 0 Å². The average Bonchev–Trinajstić information content (AvgIpc) is 2.60. The van der Waals surface area contributed by atoms with Crippen LogP contribution in [-0.4, -0.2) is 34.5 Å². The van der Waals surface area contributed by atoms with E-state index in [1.165, 1.54) is 4.88 Å². The summed E-state index contributed by atoms with van der Waals surface area (Å²) in [5.74, 6) is -0.154. The Hall–Kier alpha value is -0.940. The molecule has 2 rings (SSSR count). The third kappa shape index (κ3) is 2.84. The van der Waals surface area contributed by atoms with Crippen LogP contribution in [0.4, 0.5) is 0 Å². The second kappa shape index (κ2) is 4.38. The van der Waals surface area contributed by atoms with Gasteiger partial charge >= 0.3 is 5.97 Å². The zero-order valence-electron chi connectivity index (χ0n) is 10.7. The fourth-order valence-corrected chi connectivity index (χ4v) is 2.75. The Balaban J connectivity index is 2.10. The Kier molecular flexibility index (Phi) is 3.23. The van der Waals surface area contributed by atoms with Crippen LogP contribution in [0.1, 0.15) is 31.3 Å². The van der Waals surface area contributed by atoms with Crippen molar-refractivity contribution in [2.75, 3.05) is 7.05 Å². The highest BCUT2D eigenvalue weighted by Gasteiger charge is 2.33. The molecule has 5 heteroatoms. The van der Waals surface area contributed by atoms with E-state index in [1.54, 1.807) is 11.3 Å². The minimum atomic E-state index is -0.430. The van der Waals surface area contributed by atoms with Gasteiger partial charge in [-0.15, -0.1) is 11.3 Å². The van der Waals surface area contributed by atoms with Crippen molar-refractivity contribution in [1.82, 2.24) is 9.88 Å². The van der Waals surface area contributed by atoms with Crippen molar-refractivity contribution >= 4 is 17.3 Å². The lowest BCUT2D eigenvalue weighted by atomic mass is 10.0. The Bertz CT molecular complexity index is 422. The van der Waals surface area contributed by atoms with Gasteiger partial charge < -0.3 is 4.74 Å². The molecule has 4 nitrogen and oxygen atoms in total. The van der Waals surface area contributed by atoms with E-state index in [-0.39, 0.29) is 12.0 Å². The van der Waals surface area contributed by atoms with E-state index in [4.69, 9.17) is 4.74 Å². The van der Waals surface area contributed by atoms with Crippen molar-refractivity contribution in [3.8, 4) is 0 Å². The number of rotatable bonds is 1. The summed E-state index contributed by atoms with van der Waals surface area (Å²) in [7, 11) is 1.96. The summed E-state index contributed by atoms with van der Waals surface area (Å²) in [5.41, 5.74) is 2.46. The van der Waals surface area contributed by atoms with E-state index in [0.29, 0.717) is 6.42 Å². The first-order chi connectivity index (χ1) is 7.87. The standard InChI is InChI=1S/C12H18N2O2S/c1-12(2,3)16-11(15)9-5-8-10(6-14(9)4)17-7-13-8/h7,9H,5-6H2,1-4H3. The fourth-order valence-electron chi connectivity index (χ4n) is 1.90. The topological polar surface area (TPSA) is 42.4 Å². The number of carbonyl (C=O) groups excluding carboxylic acids is 1. The Morgan fingerprint density at radius 3 is 2.94 bits per heavy atom. The monoisotopic (exact) mass is 254 g/mol. The van der Waals surface area contributed by atoms with E-state index in [2.05, 4.69) is 4.98 Å². The second-order valence-corrected chi connectivity index (χ2v) is 6.33. The van der Waals surface area contributed by atoms with Gasteiger partial charge in [-0.1, -0.05) is 0 Å². The van der Waals surface area contributed by atoms with Crippen molar-refractivity contribution in [2.24, 2.45) is 0 Å². The van der Waals surface area contributed by atoms with Crippen molar-refractivity contribution < 1.29 is 9.53 Å². The third-order valence-electron chi connectivity index (χ3n) is 2.72. The molecule has 1 aliphatic heterocycles. The predicted octanol–water partition coefficient (Wildman–Crippen LogP) is 1.84. The van der Waals surface area contributed by atoms with E-state index < -0.39 is 5.60 Å². The first kappa shape index (κ1) is 12.5. The number of ether oxygens (including phenoxy) is 1. The summed E-state index contributed by atoms with van der Waals surface area (Å²) in [6.45, 7) is 6.45. The zero-order chi connectivity index (χ0) is 12.6. The molecule has 1 aliphatic rings. The number of thiazole rings is 1.